The highest BCUT2D eigenvalue weighted by atomic mass is 35.5. The highest BCUT2D eigenvalue weighted by molar-refractivity contribution is 6.38. The molecular weight excluding hydrogens is 349 g/mol. The average Bonchev–Trinajstić information content (AvgIpc) is 2.55. The number of hydrogen-bond acceptors (Lipinski definition) is 4. The van der Waals surface area contributed by atoms with Crippen LogP contribution in [0.1, 0.15) is 24.2 Å². The summed E-state index contributed by atoms with van der Waals surface area (Å²) in [5.74, 6) is -1.96. The average molecular weight is 368 g/mol. The van der Waals surface area contributed by atoms with Gasteiger partial charge < -0.3 is 19.9 Å². The summed E-state index contributed by atoms with van der Waals surface area (Å²) < 4.78 is 16.4. The molecule has 0 radical (unpaired) electrons. The van der Waals surface area contributed by atoms with Gasteiger partial charge in [-0.1, -0.05) is 11.6 Å². The fraction of sp³-hybridized carbons (Fsp3) is 0.412. The second-order valence-corrected chi connectivity index (χ2v) is 6.56. The van der Waals surface area contributed by atoms with Crippen molar-refractivity contribution in [1.29, 1.82) is 0 Å². The lowest BCUT2D eigenvalue weighted by molar-refractivity contribution is 0.0695. The van der Waals surface area contributed by atoms with Crippen molar-refractivity contribution in [2.75, 3.05) is 24.5 Å². The lowest BCUT2D eigenvalue weighted by Crippen LogP contribution is -2.49. The molecule has 1 aromatic carbocycles. The van der Waals surface area contributed by atoms with Crippen LogP contribution >= 0.6 is 11.6 Å². The van der Waals surface area contributed by atoms with E-state index in [1.807, 2.05) is 18.7 Å². The first-order valence-corrected chi connectivity index (χ1v) is 8.49. The fourth-order valence-corrected chi connectivity index (χ4v) is 3.72. The van der Waals surface area contributed by atoms with E-state index in [1.165, 1.54) is 6.20 Å². The Balaban J connectivity index is 2.31. The van der Waals surface area contributed by atoms with Gasteiger partial charge in [-0.25, -0.2) is 9.18 Å². The van der Waals surface area contributed by atoms with Gasteiger partial charge in [0.15, 0.2) is 0 Å². The van der Waals surface area contributed by atoms with E-state index in [4.69, 9.17) is 11.6 Å². The molecule has 0 bridgehead atoms. The van der Waals surface area contributed by atoms with Crippen LogP contribution in [-0.4, -0.2) is 41.3 Å². The number of halogens is 2. The van der Waals surface area contributed by atoms with E-state index in [0.29, 0.717) is 31.7 Å². The Morgan fingerprint density at radius 1 is 1.52 bits per heavy atom. The van der Waals surface area contributed by atoms with Gasteiger partial charge in [0.05, 0.1) is 21.6 Å². The van der Waals surface area contributed by atoms with Crippen LogP contribution in [0.15, 0.2) is 17.1 Å². The van der Waals surface area contributed by atoms with Crippen molar-refractivity contribution >= 4 is 34.2 Å². The maximum atomic E-state index is 14.8. The Morgan fingerprint density at radius 3 is 2.84 bits per heavy atom. The van der Waals surface area contributed by atoms with Crippen LogP contribution in [0.2, 0.25) is 5.02 Å². The number of hydrogen-bond donors (Lipinski definition) is 2. The predicted molar refractivity (Wildman–Crippen MR) is 95.5 cm³/mol. The van der Waals surface area contributed by atoms with Gasteiger partial charge in [-0.2, -0.15) is 0 Å². The third-order valence-corrected chi connectivity index (χ3v) is 4.84. The van der Waals surface area contributed by atoms with Crippen molar-refractivity contribution in [1.82, 2.24) is 9.88 Å². The number of carboxylic acids is 1. The van der Waals surface area contributed by atoms with Crippen molar-refractivity contribution in [3.8, 4) is 0 Å². The van der Waals surface area contributed by atoms with Crippen molar-refractivity contribution in [3.05, 3.63) is 38.9 Å². The molecule has 6 nitrogen and oxygen atoms in total. The molecule has 2 heterocycles. The van der Waals surface area contributed by atoms with E-state index in [9.17, 15) is 19.1 Å². The number of benzene rings is 1. The number of nitrogens with zero attached hydrogens (tertiary/aromatic N) is 2. The Bertz CT molecular complexity index is 912. The minimum Gasteiger partial charge on any atom is -0.477 e. The zero-order chi connectivity index (χ0) is 18.3. The van der Waals surface area contributed by atoms with Crippen molar-refractivity contribution < 1.29 is 14.3 Å². The summed E-state index contributed by atoms with van der Waals surface area (Å²) in [6.07, 6.45) is 1.26. The van der Waals surface area contributed by atoms with Crippen molar-refractivity contribution in [3.63, 3.8) is 0 Å². The Labute approximate surface area is 148 Å². The molecule has 1 saturated heterocycles. The predicted octanol–water partition coefficient (Wildman–Crippen LogP) is 2.31. The summed E-state index contributed by atoms with van der Waals surface area (Å²) in [7, 11) is 0. The molecule has 1 unspecified atom stereocenters. The summed E-state index contributed by atoms with van der Waals surface area (Å²) >= 11 is 6.51. The quantitative estimate of drug-likeness (QED) is 0.870. The molecule has 0 amide bonds. The maximum Gasteiger partial charge on any atom is 0.341 e. The first-order valence-electron chi connectivity index (χ1n) is 8.11. The number of carboxylic acid groups (broad SMARTS) is 1. The summed E-state index contributed by atoms with van der Waals surface area (Å²) in [4.78, 5) is 25.6. The largest absolute Gasteiger partial charge is 0.477 e. The summed E-state index contributed by atoms with van der Waals surface area (Å²) in [5, 5.41) is 12.6. The van der Waals surface area contributed by atoms with E-state index in [1.54, 1.807) is 4.57 Å². The molecule has 1 aliphatic rings. The first kappa shape index (κ1) is 17.7. The number of pyridine rings is 1. The third-order valence-electron chi connectivity index (χ3n) is 4.49. The van der Waals surface area contributed by atoms with Gasteiger partial charge in [-0.15, -0.1) is 0 Å². The summed E-state index contributed by atoms with van der Waals surface area (Å²) in [6.45, 7) is 6.09. The zero-order valence-electron chi connectivity index (χ0n) is 14.0. The van der Waals surface area contributed by atoms with Crippen LogP contribution in [0.25, 0.3) is 10.9 Å². The van der Waals surface area contributed by atoms with Gasteiger partial charge in [0.25, 0.3) is 0 Å². The Hall–Kier alpha value is -2.12. The van der Waals surface area contributed by atoms with Crippen molar-refractivity contribution in [2.24, 2.45) is 0 Å². The standard InChI is InChI=1S/C17H19ClFN3O3/c1-3-21-8-11(17(24)25)16(23)10-6-12(19)15(13(18)14(10)21)22-5-4-20-9(2)7-22/h6,8-9,20H,3-5,7H2,1-2H3,(H,24,25). The zero-order valence-corrected chi connectivity index (χ0v) is 14.7. The summed E-state index contributed by atoms with van der Waals surface area (Å²) in [6, 6.07) is 1.28. The molecule has 0 saturated carbocycles. The van der Waals surface area contributed by atoms with Crippen LogP contribution in [0.4, 0.5) is 10.1 Å². The number of anilines is 1. The normalized spacial score (nSPS) is 17.9. The van der Waals surface area contributed by atoms with Crippen LogP contribution < -0.4 is 15.6 Å². The number of aromatic nitrogens is 1. The van der Waals surface area contributed by atoms with Crippen molar-refractivity contribution in [2.45, 2.75) is 26.4 Å². The van der Waals surface area contributed by atoms with Gasteiger partial charge in [-0.3, -0.25) is 4.79 Å². The van der Waals surface area contributed by atoms with Gasteiger partial charge >= 0.3 is 5.97 Å². The minimum atomic E-state index is -1.34. The Morgan fingerprint density at radius 2 is 2.24 bits per heavy atom. The number of carbonyl (C=O) groups is 1. The van der Waals surface area contributed by atoms with E-state index in [2.05, 4.69) is 5.32 Å². The van der Waals surface area contributed by atoms with Crippen LogP contribution in [-0.2, 0) is 6.54 Å². The van der Waals surface area contributed by atoms with E-state index in [0.717, 1.165) is 6.07 Å². The Kier molecular flexibility index (Phi) is 4.71. The molecule has 1 aliphatic heterocycles. The molecular formula is C17H19ClFN3O3. The van der Waals surface area contributed by atoms with E-state index < -0.39 is 22.8 Å². The van der Waals surface area contributed by atoms with Crippen LogP contribution in [0.5, 0.6) is 0 Å². The monoisotopic (exact) mass is 367 g/mol. The number of nitrogens with one attached hydrogen (secondary N) is 1. The topological polar surface area (TPSA) is 74.6 Å². The third kappa shape index (κ3) is 2.98. The number of fused-ring (bicyclic) bond motifs is 1. The first-order chi connectivity index (χ1) is 11.8. The fourth-order valence-electron chi connectivity index (χ4n) is 3.30. The highest BCUT2D eigenvalue weighted by Crippen LogP contribution is 2.36. The van der Waals surface area contributed by atoms with Gasteiger partial charge in [0, 0.05) is 38.4 Å². The molecule has 0 aliphatic carbocycles. The van der Waals surface area contributed by atoms with Gasteiger partial charge in [0.1, 0.15) is 11.4 Å². The maximum absolute atomic E-state index is 14.8. The van der Waals surface area contributed by atoms with Gasteiger partial charge in [0.2, 0.25) is 5.43 Å². The van der Waals surface area contributed by atoms with Crippen LogP contribution in [0.3, 0.4) is 0 Å². The molecule has 1 atom stereocenters. The second kappa shape index (κ2) is 6.65. The second-order valence-electron chi connectivity index (χ2n) is 6.18. The van der Waals surface area contributed by atoms with E-state index in [-0.39, 0.29) is 22.1 Å². The number of aryl methyl sites for hydroxylation is 1. The molecule has 1 aromatic heterocycles. The molecule has 8 heteroatoms. The number of aromatic carboxylic acids is 1. The summed E-state index contributed by atoms with van der Waals surface area (Å²) in [5.41, 5.74) is -0.504. The SMILES string of the molecule is CCn1cc(C(=O)O)c(=O)c2cc(F)c(N3CCNC(C)C3)c(Cl)c21. The molecule has 134 valence electrons. The highest BCUT2D eigenvalue weighted by Gasteiger charge is 2.25. The molecule has 2 aromatic rings. The molecule has 1 fully saturated rings. The molecule has 0 spiro atoms. The lowest BCUT2D eigenvalue weighted by Gasteiger charge is -2.34. The van der Waals surface area contributed by atoms with Crippen LogP contribution in [0, 0.1) is 5.82 Å². The molecule has 2 N–H and O–H groups in total. The smallest absolute Gasteiger partial charge is 0.341 e. The minimum absolute atomic E-state index is 0.0174. The molecule has 25 heavy (non-hydrogen) atoms. The number of piperazine rings is 1. The number of rotatable bonds is 3. The molecule has 3 rings (SSSR count). The van der Waals surface area contributed by atoms with E-state index >= 15 is 0 Å². The van der Waals surface area contributed by atoms with Gasteiger partial charge in [-0.05, 0) is 19.9 Å². The lowest BCUT2D eigenvalue weighted by atomic mass is 10.1.